The fraction of sp³-hybridized carbons (Fsp3) is 0.485. The largest absolute Gasteiger partial charge is 0.494 e. The molecule has 0 spiro atoms. The zero-order valence-corrected chi connectivity index (χ0v) is 24.4. The minimum absolute atomic E-state index is 0.0258. The summed E-state index contributed by atoms with van der Waals surface area (Å²) in [6.07, 6.45) is 6.87. The second-order valence-electron chi connectivity index (χ2n) is 12.6. The van der Waals surface area contributed by atoms with Crippen molar-refractivity contribution in [2.75, 3.05) is 13.7 Å². The zero-order valence-electron chi connectivity index (χ0n) is 24.4. The van der Waals surface area contributed by atoms with Crippen molar-refractivity contribution in [1.29, 1.82) is 0 Å². The number of hydrogen-bond donors (Lipinski definition) is 2. The monoisotopic (exact) mass is 569 g/mol. The second kappa shape index (κ2) is 10.5. The highest BCUT2D eigenvalue weighted by atomic mass is 16.5. The van der Waals surface area contributed by atoms with Crippen LogP contribution in [-0.4, -0.2) is 61.7 Å². The molecule has 4 aliphatic rings. The van der Waals surface area contributed by atoms with Gasteiger partial charge in [-0.3, -0.25) is 9.59 Å². The van der Waals surface area contributed by atoms with Crippen LogP contribution in [0.1, 0.15) is 60.9 Å². The maximum Gasteiger partial charge on any atom is 0.303 e. The van der Waals surface area contributed by atoms with Gasteiger partial charge in [-0.1, -0.05) is 18.2 Å². The number of nitrogens with zero attached hydrogens (tertiary/aromatic N) is 4. The number of carbonyl (C=O) groups excluding carboxylic acids is 1. The number of carbonyl (C=O) groups is 2. The van der Waals surface area contributed by atoms with E-state index < -0.39 is 5.97 Å². The first-order valence-corrected chi connectivity index (χ1v) is 15.3. The first-order valence-electron chi connectivity index (χ1n) is 15.3. The SMILES string of the molecule is COc1cc(C(=O)N2C[C@H]3CC[C@@H]2C[C@@H]3N)cc2nc(-c3cc4cccc(CCCC(=O)O)c4n3CC3CC3)n(C)c12. The zero-order chi connectivity index (χ0) is 29.1. The molecule has 1 amide bonds. The first kappa shape index (κ1) is 27.0. The maximum atomic E-state index is 13.8. The van der Waals surface area contributed by atoms with E-state index in [2.05, 4.69) is 33.4 Å². The second-order valence-corrected chi connectivity index (χ2v) is 12.6. The molecule has 2 saturated heterocycles. The van der Waals surface area contributed by atoms with Crippen molar-refractivity contribution in [3.8, 4) is 17.3 Å². The molecule has 220 valence electrons. The van der Waals surface area contributed by atoms with Crippen LogP contribution in [0.25, 0.3) is 33.5 Å². The van der Waals surface area contributed by atoms with Crippen molar-refractivity contribution >= 4 is 33.8 Å². The summed E-state index contributed by atoms with van der Waals surface area (Å²) in [5.41, 5.74) is 11.9. The van der Waals surface area contributed by atoms with Crippen LogP contribution < -0.4 is 10.5 Å². The molecule has 0 unspecified atom stereocenters. The molecule has 2 aromatic heterocycles. The number of piperidine rings is 2. The molecule has 2 aliphatic heterocycles. The van der Waals surface area contributed by atoms with Gasteiger partial charge in [-0.25, -0.2) is 4.98 Å². The summed E-state index contributed by atoms with van der Waals surface area (Å²) in [5.74, 6) is 1.72. The van der Waals surface area contributed by atoms with Gasteiger partial charge in [0.15, 0.2) is 5.82 Å². The Morgan fingerprint density at radius 1 is 1.12 bits per heavy atom. The third-order valence-corrected chi connectivity index (χ3v) is 9.76. The smallest absolute Gasteiger partial charge is 0.303 e. The Balaban J connectivity index is 1.31. The van der Waals surface area contributed by atoms with E-state index in [0.29, 0.717) is 42.5 Å². The van der Waals surface area contributed by atoms with Crippen LogP contribution in [0.5, 0.6) is 5.75 Å². The normalized spacial score (nSPS) is 21.9. The van der Waals surface area contributed by atoms with Crippen molar-refractivity contribution < 1.29 is 19.4 Å². The number of fused-ring (bicyclic) bond motifs is 5. The van der Waals surface area contributed by atoms with E-state index in [4.69, 9.17) is 15.5 Å². The number of rotatable bonds is 9. The lowest BCUT2D eigenvalue weighted by atomic mass is 9.76. The molecule has 4 fully saturated rings. The van der Waals surface area contributed by atoms with Gasteiger partial charge in [-0.15, -0.1) is 0 Å². The summed E-state index contributed by atoms with van der Waals surface area (Å²) in [7, 11) is 3.65. The number of hydrogen-bond acceptors (Lipinski definition) is 5. The predicted molar refractivity (Wildman–Crippen MR) is 162 cm³/mol. The number of carboxylic acids is 1. The quantitative estimate of drug-likeness (QED) is 0.294. The molecule has 2 aromatic carbocycles. The van der Waals surface area contributed by atoms with Gasteiger partial charge in [0.25, 0.3) is 5.91 Å². The van der Waals surface area contributed by atoms with Crippen molar-refractivity contribution in [2.45, 2.75) is 70.0 Å². The molecule has 4 aromatic rings. The Morgan fingerprint density at radius 2 is 1.95 bits per heavy atom. The predicted octanol–water partition coefficient (Wildman–Crippen LogP) is 4.97. The number of amides is 1. The molecule has 9 heteroatoms. The van der Waals surface area contributed by atoms with Gasteiger partial charge < -0.3 is 29.6 Å². The number of aryl methyl sites for hydroxylation is 2. The number of carboxylic acid groups (broad SMARTS) is 1. The Kier molecular flexibility index (Phi) is 6.72. The number of imidazole rings is 1. The lowest BCUT2D eigenvalue weighted by molar-refractivity contribution is -0.137. The Hall–Kier alpha value is -3.85. The van der Waals surface area contributed by atoms with Gasteiger partial charge in [0.2, 0.25) is 0 Å². The highest BCUT2D eigenvalue weighted by Crippen LogP contribution is 2.40. The van der Waals surface area contributed by atoms with E-state index in [1.165, 1.54) is 18.4 Å². The van der Waals surface area contributed by atoms with E-state index in [-0.39, 0.29) is 24.4 Å². The minimum Gasteiger partial charge on any atom is -0.494 e. The Labute approximate surface area is 245 Å². The molecule has 42 heavy (non-hydrogen) atoms. The lowest BCUT2D eigenvalue weighted by Gasteiger charge is -2.48. The summed E-state index contributed by atoms with van der Waals surface area (Å²) >= 11 is 0. The van der Waals surface area contributed by atoms with E-state index >= 15 is 0 Å². The summed E-state index contributed by atoms with van der Waals surface area (Å²) in [4.78, 5) is 32.1. The third-order valence-electron chi connectivity index (χ3n) is 9.76. The molecular weight excluding hydrogens is 530 g/mol. The van der Waals surface area contributed by atoms with Crippen LogP contribution in [0.15, 0.2) is 36.4 Å². The minimum atomic E-state index is -0.765. The number of methoxy groups -OCH3 is 1. The van der Waals surface area contributed by atoms with Gasteiger partial charge in [0, 0.05) is 49.6 Å². The molecule has 3 N–H and O–H groups in total. The average Bonchev–Trinajstić information content (AvgIpc) is 3.64. The van der Waals surface area contributed by atoms with E-state index in [1.807, 2.05) is 24.1 Å². The number of para-hydroxylation sites is 1. The third kappa shape index (κ3) is 4.64. The lowest BCUT2D eigenvalue weighted by Crippen LogP contribution is -2.58. The van der Waals surface area contributed by atoms with Crippen molar-refractivity contribution in [1.82, 2.24) is 19.0 Å². The molecule has 2 saturated carbocycles. The molecule has 4 heterocycles. The Morgan fingerprint density at radius 3 is 2.64 bits per heavy atom. The van der Waals surface area contributed by atoms with Crippen molar-refractivity contribution in [3.63, 3.8) is 0 Å². The molecular formula is C33H39N5O4. The fourth-order valence-electron chi connectivity index (χ4n) is 7.36. The standard InChI is InChI=1S/C33H39N5O4/c1-36-31-26(13-23(15-28(31)42-2)33(41)37-18-22-11-12-24(37)16-25(22)34)35-32(36)27-14-21-7-3-5-20(6-4-8-29(39)40)30(21)38(27)17-19-9-10-19/h3,5,7,13-15,19,22,24-25H,4,6,8-12,16-18,34H2,1-2H3,(H,39,40)/t22-,24-,25+/m1/s1. The van der Waals surface area contributed by atoms with Crippen LogP contribution in [-0.2, 0) is 24.8 Å². The number of aliphatic carboxylic acids is 1. The molecule has 8 rings (SSSR count). The summed E-state index contributed by atoms with van der Waals surface area (Å²) in [6.45, 7) is 1.62. The molecule has 2 aliphatic carbocycles. The van der Waals surface area contributed by atoms with Crippen molar-refractivity contribution in [2.24, 2.45) is 24.6 Å². The van der Waals surface area contributed by atoms with Gasteiger partial charge in [-0.2, -0.15) is 0 Å². The summed E-state index contributed by atoms with van der Waals surface area (Å²) < 4.78 is 10.3. The average molecular weight is 570 g/mol. The van der Waals surface area contributed by atoms with Crippen LogP contribution in [0.4, 0.5) is 0 Å². The molecule has 9 nitrogen and oxygen atoms in total. The molecule has 3 atom stereocenters. The Bertz CT molecular complexity index is 1700. The fourth-order valence-corrected chi connectivity index (χ4v) is 7.36. The number of benzene rings is 2. The van der Waals surface area contributed by atoms with Gasteiger partial charge >= 0.3 is 5.97 Å². The highest BCUT2D eigenvalue weighted by Gasteiger charge is 2.41. The number of ether oxygens (including phenoxy) is 1. The maximum absolute atomic E-state index is 13.8. The molecule has 2 bridgehead atoms. The van der Waals surface area contributed by atoms with Crippen LogP contribution in [0.3, 0.4) is 0 Å². The van der Waals surface area contributed by atoms with Crippen LogP contribution in [0, 0.1) is 11.8 Å². The van der Waals surface area contributed by atoms with Crippen molar-refractivity contribution in [3.05, 3.63) is 47.5 Å². The van der Waals surface area contributed by atoms with Crippen LogP contribution in [0.2, 0.25) is 0 Å². The van der Waals surface area contributed by atoms with Gasteiger partial charge in [0.05, 0.1) is 23.8 Å². The summed E-state index contributed by atoms with van der Waals surface area (Å²) in [5, 5.41) is 10.3. The first-order chi connectivity index (χ1) is 20.3. The summed E-state index contributed by atoms with van der Waals surface area (Å²) in [6, 6.07) is 12.7. The van der Waals surface area contributed by atoms with E-state index in [9.17, 15) is 14.7 Å². The van der Waals surface area contributed by atoms with Gasteiger partial charge in [0.1, 0.15) is 11.3 Å². The number of nitrogens with two attached hydrogens (primary N) is 1. The van der Waals surface area contributed by atoms with E-state index in [1.54, 1.807) is 7.11 Å². The number of aromatic nitrogens is 3. The van der Waals surface area contributed by atoms with E-state index in [0.717, 1.165) is 59.3 Å². The van der Waals surface area contributed by atoms with Gasteiger partial charge in [-0.05, 0) is 80.5 Å². The topological polar surface area (TPSA) is 116 Å². The highest BCUT2D eigenvalue weighted by molar-refractivity contribution is 6.00. The van der Waals surface area contributed by atoms with Crippen LogP contribution >= 0.6 is 0 Å². The molecule has 0 radical (unpaired) electrons.